The minimum absolute atomic E-state index is 0.535. The van der Waals surface area contributed by atoms with E-state index in [2.05, 4.69) is 37.4 Å². The lowest BCUT2D eigenvalue weighted by Crippen LogP contribution is -2.14. The van der Waals surface area contributed by atoms with Gasteiger partial charge in [-0.05, 0) is 31.0 Å². The summed E-state index contributed by atoms with van der Waals surface area (Å²) in [5, 5.41) is 3.46. The zero-order valence-corrected chi connectivity index (χ0v) is 9.09. The Labute approximate surface area is 86.5 Å². The minimum Gasteiger partial charge on any atom is -0.383 e. The third-order valence-corrected chi connectivity index (χ3v) is 2.30. The normalized spacial score (nSPS) is 12.5. The molecule has 0 radical (unpaired) electrons. The Kier molecular flexibility index (Phi) is 4.47. The predicted octanol–water partition coefficient (Wildman–Crippen LogP) is 2.75. The van der Waals surface area contributed by atoms with E-state index in [1.807, 2.05) is 6.07 Å². The van der Waals surface area contributed by atoms with Gasteiger partial charge in [0, 0.05) is 18.3 Å². The summed E-state index contributed by atoms with van der Waals surface area (Å²) < 4.78 is 0. The smallest absolute Gasteiger partial charge is 0.0345 e. The van der Waals surface area contributed by atoms with Gasteiger partial charge in [-0.25, -0.2) is 0 Å². The monoisotopic (exact) mass is 192 g/mol. The molecule has 1 unspecified atom stereocenters. The molecule has 0 aliphatic heterocycles. The summed E-state index contributed by atoms with van der Waals surface area (Å²) in [6, 6.07) is 8.84. The molecule has 0 aliphatic carbocycles. The Morgan fingerprint density at radius 3 is 2.86 bits per heavy atom. The summed E-state index contributed by atoms with van der Waals surface area (Å²) in [5.41, 5.74) is 7.93. The average Bonchev–Trinajstić information content (AvgIpc) is 2.18. The van der Waals surface area contributed by atoms with Crippen LogP contribution in [0.2, 0.25) is 0 Å². The van der Waals surface area contributed by atoms with Gasteiger partial charge in [0.05, 0.1) is 0 Å². The zero-order chi connectivity index (χ0) is 10.4. The number of hydrogen-bond acceptors (Lipinski definition) is 2. The van der Waals surface area contributed by atoms with Gasteiger partial charge in [0.25, 0.3) is 0 Å². The molecule has 0 heterocycles. The summed E-state index contributed by atoms with van der Waals surface area (Å²) in [6.07, 6.45) is 2.41. The summed E-state index contributed by atoms with van der Waals surface area (Å²) >= 11 is 0. The number of nitrogens with one attached hydrogen (secondary N) is 1. The highest BCUT2D eigenvalue weighted by molar-refractivity contribution is 5.46. The molecule has 0 aliphatic rings. The van der Waals surface area contributed by atoms with Crippen molar-refractivity contribution in [1.82, 2.24) is 0 Å². The van der Waals surface area contributed by atoms with E-state index in [0.29, 0.717) is 12.6 Å². The fourth-order valence-electron chi connectivity index (χ4n) is 1.58. The highest BCUT2D eigenvalue weighted by atomic mass is 14.9. The second-order valence-electron chi connectivity index (χ2n) is 3.74. The van der Waals surface area contributed by atoms with Gasteiger partial charge in [0.15, 0.2) is 0 Å². The van der Waals surface area contributed by atoms with Gasteiger partial charge in [-0.15, -0.1) is 0 Å². The Morgan fingerprint density at radius 1 is 1.43 bits per heavy atom. The highest BCUT2D eigenvalue weighted by Gasteiger charge is 2.00. The van der Waals surface area contributed by atoms with Gasteiger partial charge >= 0.3 is 0 Å². The van der Waals surface area contributed by atoms with Gasteiger partial charge in [0.1, 0.15) is 0 Å². The first-order valence-corrected chi connectivity index (χ1v) is 5.31. The standard InChI is InChI=1S/C12H20N2/c1-3-5-10(2)14-12-7-4-6-11(8-12)9-13/h4,6-8,10,14H,3,5,9,13H2,1-2H3. The highest BCUT2D eigenvalue weighted by Crippen LogP contribution is 2.12. The molecule has 1 aromatic rings. The molecule has 1 aromatic carbocycles. The maximum Gasteiger partial charge on any atom is 0.0345 e. The van der Waals surface area contributed by atoms with E-state index in [4.69, 9.17) is 5.73 Å². The number of anilines is 1. The molecular formula is C12H20N2. The van der Waals surface area contributed by atoms with Crippen LogP contribution >= 0.6 is 0 Å². The zero-order valence-electron chi connectivity index (χ0n) is 9.09. The summed E-state index contributed by atoms with van der Waals surface area (Å²) in [7, 11) is 0. The largest absolute Gasteiger partial charge is 0.383 e. The third kappa shape index (κ3) is 3.38. The fraction of sp³-hybridized carbons (Fsp3) is 0.500. The average molecular weight is 192 g/mol. The number of hydrogen-bond donors (Lipinski definition) is 2. The van der Waals surface area contributed by atoms with Crippen LogP contribution in [0.3, 0.4) is 0 Å². The number of rotatable bonds is 5. The Hall–Kier alpha value is -1.02. The molecule has 14 heavy (non-hydrogen) atoms. The van der Waals surface area contributed by atoms with Crippen LogP contribution in [0.4, 0.5) is 5.69 Å². The molecule has 0 saturated heterocycles. The predicted molar refractivity (Wildman–Crippen MR) is 62.3 cm³/mol. The van der Waals surface area contributed by atoms with Gasteiger partial charge in [0.2, 0.25) is 0 Å². The van der Waals surface area contributed by atoms with E-state index in [-0.39, 0.29) is 0 Å². The molecule has 3 N–H and O–H groups in total. The van der Waals surface area contributed by atoms with Crippen LogP contribution < -0.4 is 11.1 Å². The third-order valence-electron chi connectivity index (χ3n) is 2.30. The minimum atomic E-state index is 0.535. The topological polar surface area (TPSA) is 38.0 Å². The van der Waals surface area contributed by atoms with Gasteiger partial charge in [-0.3, -0.25) is 0 Å². The van der Waals surface area contributed by atoms with Crippen molar-refractivity contribution in [3.8, 4) is 0 Å². The van der Waals surface area contributed by atoms with Crippen LogP contribution in [-0.2, 0) is 6.54 Å². The van der Waals surface area contributed by atoms with Crippen molar-refractivity contribution in [3.05, 3.63) is 29.8 Å². The van der Waals surface area contributed by atoms with Crippen molar-refractivity contribution < 1.29 is 0 Å². The first-order chi connectivity index (χ1) is 6.76. The Morgan fingerprint density at radius 2 is 2.21 bits per heavy atom. The first kappa shape index (κ1) is 11.1. The molecule has 1 rings (SSSR count). The Bertz CT molecular complexity index is 271. The second-order valence-corrected chi connectivity index (χ2v) is 3.74. The maximum absolute atomic E-state index is 5.58. The summed E-state index contributed by atoms with van der Waals surface area (Å²) in [6.45, 7) is 5.02. The number of benzene rings is 1. The van der Waals surface area contributed by atoms with Crippen molar-refractivity contribution in [3.63, 3.8) is 0 Å². The first-order valence-electron chi connectivity index (χ1n) is 5.31. The quantitative estimate of drug-likeness (QED) is 0.752. The van der Waals surface area contributed by atoms with Crippen LogP contribution in [0, 0.1) is 0 Å². The van der Waals surface area contributed by atoms with Crippen molar-refractivity contribution >= 4 is 5.69 Å². The van der Waals surface area contributed by atoms with Crippen molar-refractivity contribution in [1.29, 1.82) is 0 Å². The second kappa shape index (κ2) is 5.66. The van der Waals surface area contributed by atoms with Gasteiger partial charge in [-0.1, -0.05) is 25.5 Å². The lowest BCUT2D eigenvalue weighted by molar-refractivity contribution is 0.690. The van der Waals surface area contributed by atoms with E-state index < -0.39 is 0 Å². The van der Waals surface area contributed by atoms with E-state index in [1.54, 1.807) is 0 Å². The molecular weight excluding hydrogens is 172 g/mol. The van der Waals surface area contributed by atoms with E-state index >= 15 is 0 Å². The summed E-state index contributed by atoms with van der Waals surface area (Å²) in [4.78, 5) is 0. The van der Waals surface area contributed by atoms with E-state index in [1.165, 1.54) is 24.1 Å². The lowest BCUT2D eigenvalue weighted by Gasteiger charge is -2.14. The molecule has 2 heteroatoms. The molecule has 0 saturated carbocycles. The van der Waals surface area contributed by atoms with Crippen molar-refractivity contribution in [2.75, 3.05) is 5.32 Å². The van der Waals surface area contributed by atoms with Crippen LogP contribution in [0.1, 0.15) is 32.3 Å². The van der Waals surface area contributed by atoms with Crippen molar-refractivity contribution in [2.24, 2.45) is 5.73 Å². The summed E-state index contributed by atoms with van der Waals surface area (Å²) in [5.74, 6) is 0. The molecule has 0 amide bonds. The number of nitrogens with two attached hydrogens (primary N) is 1. The van der Waals surface area contributed by atoms with E-state index in [0.717, 1.165) is 0 Å². The molecule has 0 bridgehead atoms. The maximum atomic E-state index is 5.58. The van der Waals surface area contributed by atoms with Crippen LogP contribution in [-0.4, -0.2) is 6.04 Å². The molecule has 78 valence electrons. The lowest BCUT2D eigenvalue weighted by atomic mass is 10.1. The van der Waals surface area contributed by atoms with Crippen LogP contribution in [0.15, 0.2) is 24.3 Å². The molecule has 0 aromatic heterocycles. The Balaban J connectivity index is 2.57. The van der Waals surface area contributed by atoms with Crippen LogP contribution in [0.5, 0.6) is 0 Å². The molecule has 0 spiro atoms. The molecule has 1 atom stereocenters. The van der Waals surface area contributed by atoms with Gasteiger partial charge in [-0.2, -0.15) is 0 Å². The SMILES string of the molecule is CCCC(C)Nc1cccc(CN)c1. The van der Waals surface area contributed by atoms with Crippen LogP contribution in [0.25, 0.3) is 0 Å². The molecule has 0 fully saturated rings. The van der Waals surface area contributed by atoms with Crippen molar-refractivity contribution in [2.45, 2.75) is 39.3 Å². The fourth-order valence-corrected chi connectivity index (χ4v) is 1.58. The van der Waals surface area contributed by atoms with Gasteiger partial charge < -0.3 is 11.1 Å². The van der Waals surface area contributed by atoms with E-state index in [9.17, 15) is 0 Å². The molecule has 2 nitrogen and oxygen atoms in total.